The van der Waals surface area contributed by atoms with E-state index in [2.05, 4.69) is 47.1 Å². The largest absolute Gasteiger partial charge is 0.0654 e. The van der Waals surface area contributed by atoms with Gasteiger partial charge in [-0.1, -0.05) is 47.8 Å². The quantitative estimate of drug-likeness (QED) is 0.684. The van der Waals surface area contributed by atoms with Crippen molar-refractivity contribution in [3.8, 4) is 0 Å². The van der Waals surface area contributed by atoms with Crippen LogP contribution >= 0.6 is 15.9 Å². The molecule has 1 aromatic carbocycles. The Labute approximate surface area is 108 Å². The van der Waals surface area contributed by atoms with E-state index in [1.807, 2.05) is 0 Å². The van der Waals surface area contributed by atoms with E-state index in [1.54, 1.807) is 0 Å². The fraction of sp³-hybridized carbons (Fsp3) is 0.600. The van der Waals surface area contributed by atoms with E-state index in [0.29, 0.717) is 0 Å². The lowest BCUT2D eigenvalue weighted by molar-refractivity contribution is 0.308. The van der Waals surface area contributed by atoms with Gasteiger partial charge in [0.05, 0.1) is 0 Å². The number of rotatable bonds is 3. The molecule has 1 aliphatic carbocycles. The summed E-state index contributed by atoms with van der Waals surface area (Å²) < 4.78 is 1.19. The topological polar surface area (TPSA) is 0 Å². The van der Waals surface area contributed by atoms with Crippen LogP contribution in [0.25, 0.3) is 0 Å². The van der Waals surface area contributed by atoms with Gasteiger partial charge in [0.1, 0.15) is 0 Å². The summed E-state index contributed by atoms with van der Waals surface area (Å²) in [6, 6.07) is 8.92. The van der Waals surface area contributed by atoms with Gasteiger partial charge < -0.3 is 0 Å². The first-order chi connectivity index (χ1) is 7.79. The molecular formula is C15H21Br. The second kappa shape index (κ2) is 5.86. The third-order valence-electron chi connectivity index (χ3n) is 3.89. The van der Waals surface area contributed by atoms with Crippen LogP contribution in [0.3, 0.4) is 0 Å². The molecule has 88 valence electrons. The molecule has 0 N–H and O–H groups in total. The third-order valence-corrected chi connectivity index (χ3v) is 4.41. The lowest BCUT2D eigenvalue weighted by Gasteiger charge is -2.28. The molecule has 1 saturated carbocycles. The average molecular weight is 281 g/mol. The van der Waals surface area contributed by atoms with Crippen molar-refractivity contribution in [1.82, 2.24) is 0 Å². The highest BCUT2D eigenvalue weighted by Gasteiger charge is 2.21. The highest BCUT2D eigenvalue weighted by Crippen LogP contribution is 2.37. The van der Waals surface area contributed by atoms with Crippen molar-refractivity contribution >= 4 is 15.9 Å². The van der Waals surface area contributed by atoms with Gasteiger partial charge in [-0.05, 0) is 55.2 Å². The minimum atomic E-state index is 0.821. The minimum Gasteiger partial charge on any atom is -0.0654 e. The van der Waals surface area contributed by atoms with E-state index in [4.69, 9.17) is 0 Å². The van der Waals surface area contributed by atoms with Crippen LogP contribution in [-0.2, 0) is 0 Å². The Morgan fingerprint density at radius 2 is 1.69 bits per heavy atom. The number of hydrogen-bond donors (Lipinski definition) is 0. The Bertz CT molecular complexity index is 307. The maximum absolute atomic E-state index is 3.50. The Morgan fingerprint density at radius 3 is 2.25 bits per heavy atom. The van der Waals surface area contributed by atoms with Crippen LogP contribution in [0.2, 0.25) is 0 Å². The lowest BCUT2D eigenvalue weighted by atomic mass is 9.77. The van der Waals surface area contributed by atoms with Crippen molar-refractivity contribution in [2.75, 3.05) is 0 Å². The van der Waals surface area contributed by atoms with Crippen LogP contribution < -0.4 is 0 Å². The van der Waals surface area contributed by atoms with E-state index in [9.17, 15) is 0 Å². The van der Waals surface area contributed by atoms with Crippen molar-refractivity contribution in [2.24, 2.45) is 5.92 Å². The molecule has 0 spiro atoms. The van der Waals surface area contributed by atoms with Gasteiger partial charge in [-0.2, -0.15) is 0 Å². The van der Waals surface area contributed by atoms with Crippen LogP contribution in [0.5, 0.6) is 0 Å². The second-order valence-corrected chi connectivity index (χ2v) is 5.97. The standard InChI is InChI=1S/C15H21Br/c1-2-3-12-4-6-13(7-5-12)14-8-10-15(16)11-9-14/h8-13H,2-7H2,1H3/t12-,13-. The Morgan fingerprint density at radius 1 is 1.06 bits per heavy atom. The predicted molar refractivity (Wildman–Crippen MR) is 73.7 cm³/mol. The van der Waals surface area contributed by atoms with Gasteiger partial charge in [-0.15, -0.1) is 0 Å². The summed E-state index contributed by atoms with van der Waals surface area (Å²) >= 11 is 3.50. The molecule has 0 heterocycles. The van der Waals surface area contributed by atoms with Crippen molar-refractivity contribution in [3.63, 3.8) is 0 Å². The molecule has 1 aliphatic rings. The molecule has 0 aromatic heterocycles. The smallest absolute Gasteiger partial charge is 0.0175 e. The molecule has 1 aromatic rings. The van der Waals surface area contributed by atoms with Gasteiger partial charge in [-0.25, -0.2) is 0 Å². The Balaban J connectivity index is 1.91. The van der Waals surface area contributed by atoms with Crippen molar-refractivity contribution in [2.45, 2.75) is 51.4 Å². The monoisotopic (exact) mass is 280 g/mol. The first kappa shape index (κ1) is 12.2. The third kappa shape index (κ3) is 3.10. The van der Waals surface area contributed by atoms with E-state index >= 15 is 0 Å². The summed E-state index contributed by atoms with van der Waals surface area (Å²) in [4.78, 5) is 0. The summed E-state index contributed by atoms with van der Waals surface area (Å²) in [5.41, 5.74) is 1.54. The van der Waals surface area contributed by atoms with E-state index in [1.165, 1.54) is 48.6 Å². The molecule has 0 atom stereocenters. The molecule has 0 radical (unpaired) electrons. The van der Waals surface area contributed by atoms with Crippen LogP contribution in [-0.4, -0.2) is 0 Å². The minimum absolute atomic E-state index is 0.821. The van der Waals surface area contributed by atoms with Gasteiger partial charge in [0, 0.05) is 4.47 Å². The first-order valence-corrected chi connectivity index (χ1v) is 7.34. The summed E-state index contributed by atoms with van der Waals surface area (Å²) in [5.74, 6) is 1.83. The van der Waals surface area contributed by atoms with Crippen LogP contribution in [0.1, 0.15) is 56.9 Å². The van der Waals surface area contributed by atoms with Crippen LogP contribution in [0.15, 0.2) is 28.7 Å². The van der Waals surface area contributed by atoms with Gasteiger partial charge >= 0.3 is 0 Å². The van der Waals surface area contributed by atoms with Gasteiger partial charge in [-0.3, -0.25) is 0 Å². The van der Waals surface area contributed by atoms with Crippen molar-refractivity contribution in [3.05, 3.63) is 34.3 Å². The van der Waals surface area contributed by atoms with Crippen LogP contribution in [0, 0.1) is 5.92 Å². The summed E-state index contributed by atoms with van der Waals surface area (Å²) in [6.07, 6.45) is 8.46. The summed E-state index contributed by atoms with van der Waals surface area (Å²) in [5, 5.41) is 0. The van der Waals surface area contributed by atoms with Crippen LogP contribution in [0.4, 0.5) is 0 Å². The lowest BCUT2D eigenvalue weighted by Crippen LogP contribution is -2.13. The van der Waals surface area contributed by atoms with Gasteiger partial charge in [0.2, 0.25) is 0 Å². The van der Waals surface area contributed by atoms with E-state index in [-0.39, 0.29) is 0 Å². The van der Waals surface area contributed by atoms with Crippen molar-refractivity contribution < 1.29 is 0 Å². The van der Waals surface area contributed by atoms with Gasteiger partial charge in [0.15, 0.2) is 0 Å². The van der Waals surface area contributed by atoms with Crippen molar-refractivity contribution in [1.29, 1.82) is 0 Å². The molecule has 2 rings (SSSR count). The Kier molecular flexibility index (Phi) is 4.45. The normalized spacial score (nSPS) is 25.6. The maximum atomic E-state index is 3.50. The summed E-state index contributed by atoms with van der Waals surface area (Å²) in [6.45, 7) is 2.31. The molecule has 1 fully saturated rings. The highest BCUT2D eigenvalue weighted by atomic mass is 79.9. The molecule has 16 heavy (non-hydrogen) atoms. The zero-order chi connectivity index (χ0) is 11.4. The SMILES string of the molecule is CCC[C@H]1CC[C@H](c2ccc(Br)cc2)CC1. The van der Waals surface area contributed by atoms with Gasteiger partial charge in [0.25, 0.3) is 0 Å². The average Bonchev–Trinajstić information content (AvgIpc) is 2.32. The molecule has 0 nitrogen and oxygen atoms in total. The second-order valence-electron chi connectivity index (χ2n) is 5.06. The Hall–Kier alpha value is -0.300. The van der Waals surface area contributed by atoms with E-state index in [0.717, 1.165) is 11.8 Å². The molecule has 0 saturated heterocycles. The molecular weight excluding hydrogens is 260 g/mol. The molecule has 0 unspecified atom stereocenters. The molecule has 0 aliphatic heterocycles. The predicted octanol–water partition coefficient (Wildman–Crippen LogP) is 5.52. The zero-order valence-corrected chi connectivity index (χ0v) is 11.7. The number of halogens is 1. The number of hydrogen-bond acceptors (Lipinski definition) is 0. The highest BCUT2D eigenvalue weighted by molar-refractivity contribution is 9.10. The molecule has 0 amide bonds. The first-order valence-electron chi connectivity index (χ1n) is 6.55. The maximum Gasteiger partial charge on any atom is 0.0175 e. The number of benzene rings is 1. The zero-order valence-electron chi connectivity index (χ0n) is 10.1. The fourth-order valence-electron chi connectivity index (χ4n) is 2.93. The summed E-state index contributed by atoms with van der Waals surface area (Å²) in [7, 11) is 0. The fourth-order valence-corrected chi connectivity index (χ4v) is 3.19. The molecule has 1 heteroatoms. The molecule has 0 bridgehead atoms. The van der Waals surface area contributed by atoms with E-state index < -0.39 is 0 Å².